The molecule has 0 spiro atoms. The summed E-state index contributed by atoms with van der Waals surface area (Å²) in [6, 6.07) is 6.49. The van der Waals surface area contributed by atoms with Crippen LogP contribution in [-0.4, -0.2) is 20.2 Å². The van der Waals surface area contributed by atoms with Gasteiger partial charge in [-0.1, -0.05) is 12.1 Å². The lowest BCUT2D eigenvalue weighted by molar-refractivity contribution is 0.333. The Bertz CT molecular complexity index is 354. The molecule has 0 saturated carbocycles. The highest BCUT2D eigenvalue weighted by molar-refractivity contribution is 5.85. The van der Waals surface area contributed by atoms with Gasteiger partial charge in [0.1, 0.15) is 5.75 Å². The van der Waals surface area contributed by atoms with Crippen LogP contribution in [0, 0.1) is 0 Å². The lowest BCUT2D eigenvalue weighted by atomic mass is 9.82. The fraction of sp³-hybridized carbons (Fsp3) is 0.571. The van der Waals surface area contributed by atoms with Gasteiger partial charge in [0, 0.05) is 6.54 Å². The van der Waals surface area contributed by atoms with Gasteiger partial charge >= 0.3 is 0 Å². The van der Waals surface area contributed by atoms with E-state index in [0.29, 0.717) is 5.92 Å². The number of nitrogens with one attached hydrogen (secondary N) is 1. The summed E-state index contributed by atoms with van der Waals surface area (Å²) < 4.78 is 5.71. The molecule has 0 heterocycles. The maximum absolute atomic E-state index is 5.71. The number of hydrogen-bond acceptors (Lipinski definition) is 2. The Balaban J connectivity index is 0.00000144. The molecule has 0 aromatic heterocycles. The average molecular weight is 256 g/mol. The van der Waals surface area contributed by atoms with Crippen LogP contribution in [0.4, 0.5) is 0 Å². The topological polar surface area (TPSA) is 21.3 Å². The Labute approximate surface area is 110 Å². The van der Waals surface area contributed by atoms with Crippen LogP contribution in [0.25, 0.3) is 0 Å². The fourth-order valence-electron chi connectivity index (χ4n) is 2.66. The molecule has 3 heteroatoms. The molecule has 0 aliphatic heterocycles. The Morgan fingerprint density at radius 2 is 2.24 bits per heavy atom. The van der Waals surface area contributed by atoms with Gasteiger partial charge in [0.25, 0.3) is 0 Å². The number of halogens is 1. The van der Waals surface area contributed by atoms with E-state index in [2.05, 4.69) is 23.5 Å². The first-order valence-corrected chi connectivity index (χ1v) is 6.26. The van der Waals surface area contributed by atoms with Gasteiger partial charge in [-0.3, -0.25) is 0 Å². The molecule has 17 heavy (non-hydrogen) atoms. The first kappa shape index (κ1) is 14.3. The molecule has 1 unspecified atom stereocenters. The van der Waals surface area contributed by atoms with Crippen LogP contribution >= 0.6 is 12.4 Å². The van der Waals surface area contributed by atoms with Gasteiger partial charge in [-0.2, -0.15) is 0 Å². The summed E-state index contributed by atoms with van der Waals surface area (Å²) in [6.07, 6.45) is 3.75. The Kier molecular flexibility index (Phi) is 5.79. The van der Waals surface area contributed by atoms with Gasteiger partial charge < -0.3 is 10.1 Å². The molecule has 1 N–H and O–H groups in total. The van der Waals surface area contributed by atoms with Crippen molar-refractivity contribution in [2.24, 2.45) is 0 Å². The van der Waals surface area contributed by atoms with Crippen molar-refractivity contribution in [2.75, 3.05) is 20.2 Å². The summed E-state index contributed by atoms with van der Waals surface area (Å²) >= 11 is 0. The van der Waals surface area contributed by atoms with Gasteiger partial charge in [-0.15, -0.1) is 12.4 Å². The van der Waals surface area contributed by atoms with E-state index in [9.17, 15) is 0 Å². The second-order valence-corrected chi connectivity index (χ2v) is 4.40. The summed E-state index contributed by atoms with van der Waals surface area (Å²) in [4.78, 5) is 0. The molecule has 0 fully saturated rings. The number of likely N-dealkylation sites (N-methyl/N-ethyl adjacent to an activating group) is 1. The van der Waals surface area contributed by atoms with Gasteiger partial charge in [0.2, 0.25) is 0 Å². The minimum Gasteiger partial charge on any atom is -0.494 e. The second kappa shape index (κ2) is 6.87. The molecule has 1 aromatic rings. The normalized spacial score (nSPS) is 18.1. The molecule has 1 aliphatic rings. The fourth-order valence-corrected chi connectivity index (χ4v) is 2.66. The van der Waals surface area contributed by atoms with Crippen molar-refractivity contribution >= 4 is 12.4 Å². The molecule has 0 saturated heterocycles. The van der Waals surface area contributed by atoms with Gasteiger partial charge in [-0.25, -0.2) is 0 Å². The molecular formula is C14H22ClNO. The molecule has 1 aliphatic carbocycles. The predicted molar refractivity (Wildman–Crippen MR) is 74.5 cm³/mol. The molecule has 1 aromatic carbocycles. The van der Waals surface area contributed by atoms with Crippen molar-refractivity contribution in [3.8, 4) is 5.75 Å². The number of ether oxygens (including phenoxy) is 1. The summed E-state index contributed by atoms with van der Waals surface area (Å²) in [5.74, 6) is 1.76. The zero-order valence-electron chi connectivity index (χ0n) is 10.7. The van der Waals surface area contributed by atoms with Crippen LogP contribution < -0.4 is 10.1 Å². The number of fused-ring (bicyclic) bond motifs is 1. The van der Waals surface area contributed by atoms with Crippen molar-refractivity contribution < 1.29 is 4.74 Å². The summed E-state index contributed by atoms with van der Waals surface area (Å²) in [5.41, 5.74) is 2.93. The highest BCUT2D eigenvalue weighted by Gasteiger charge is 2.21. The van der Waals surface area contributed by atoms with Crippen molar-refractivity contribution in [3.05, 3.63) is 29.3 Å². The van der Waals surface area contributed by atoms with E-state index in [-0.39, 0.29) is 12.4 Å². The maximum atomic E-state index is 5.71. The predicted octanol–water partition coefficient (Wildman–Crippen LogP) is 3.15. The number of rotatable bonds is 4. The first-order chi connectivity index (χ1) is 7.86. The molecule has 0 amide bonds. The van der Waals surface area contributed by atoms with Crippen LogP contribution in [0.1, 0.15) is 36.8 Å². The average Bonchev–Trinajstić information content (AvgIpc) is 2.31. The van der Waals surface area contributed by atoms with E-state index < -0.39 is 0 Å². The quantitative estimate of drug-likeness (QED) is 0.893. The lowest BCUT2D eigenvalue weighted by Gasteiger charge is -2.27. The monoisotopic (exact) mass is 255 g/mol. The minimum atomic E-state index is 0. The standard InChI is InChI=1S/C14H21NO.ClH/c1-3-16-14-9-5-7-12-11(10-15-2)6-4-8-13(12)14;/h5,7,9,11,15H,3-4,6,8,10H2,1-2H3;1H. The van der Waals surface area contributed by atoms with E-state index in [1.165, 1.54) is 30.4 Å². The Hall–Kier alpha value is -0.730. The summed E-state index contributed by atoms with van der Waals surface area (Å²) in [7, 11) is 2.03. The van der Waals surface area contributed by atoms with Gasteiger partial charge in [0.15, 0.2) is 0 Å². The SMILES string of the molecule is CCOc1cccc2c1CCCC2CNC.Cl. The molecule has 2 nitrogen and oxygen atoms in total. The zero-order chi connectivity index (χ0) is 11.4. The van der Waals surface area contributed by atoms with Gasteiger partial charge in [0.05, 0.1) is 6.61 Å². The van der Waals surface area contributed by atoms with Crippen molar-refractivity contribution in [1.82, 2.24) is 5.32 Å². The van der Waals surface area contributed by atoms with Crippen molar-refractivity contribution in [2.45, 2.75) is 32.1 Å². The van der Waals surface area contributed by atoms with Crippen LogP contribution in [-0.2, 0) is 6.42 Å². The first-order valence-electron chi connectivity index (χ1n) is 6.26. The molecule has 0 radical (unpaired) electrons. The molecule has 96 valence electrons. The smallest absolute Gasteiger partial charge is 0.122 e. The van der Waals surface area contributed by atoms with E-state index in [4.69, 9.17) is 4.74 Å². The van der Waals surface area contributed by atoms with Crippen LogP contribution in [0.3, 0.4) is 0 Å². The molecular weight excluding hydrogens is 234 g/mol. The van der Waals surface area contributed by atoms with E-state index in [1.807, 2.05) is 14.0 Å². The number of hydrogen-bond donors (Lipinski definition) is 1. The lowest BCUT2D eigenvalue weighted by Crippen LogP contribution is -2.21. The zero-order valence-corrected chi connectivity index (χ0v) is 11.5. The van der Waals surface area contributed by atoms with Crippen molar-refractivity contribution in [3.63, 3.8) is 0 Å². The third kappa shape index (κ3) is 3.14. The van der Waals surface area contributed by atoms with Crippen LogP contribution in [0.15, 0.2) is 18.2 Å². The minimum absolute atomic E-state index is 0. The summed E-state index contributed by atoms with van der Waals surface area (Å²) in [6.45, 7) is 3.88. The van der Waals surface area contributed by atoms with E-state index >= 15 is 0 Å². The molecule has 2 rings (SSSR count). The maximum Gasteiger partial charge on any atom is 0.122 e. The highest BCUT2D eigenvalue weighted by atomic mass is 35.5. The Morgan fingerprint density at radius 3 is 2.94 bits per heavy atom. The highest BCUT2D eigenvalue weighted by Crippen LogP contribution is 2.36. The molecule has 1 atom stereocenters. The van der Waals surface area contributed by atoms with E-state index in [1.54, 1.807) is 0 Å². The van der Waals surface area contributed by atoms with Crippen LogP contribution in [0.5, 0.6) is 5.75 Å². The number of benzene rings is 1. The van der Waals surface area contributed by atoms with E-state index in [0.717, 1.165) is 18.9 Å². The van der Waals surface area contributed by atoms with Gasteiger partial charge in [-0.05, 0) is 56.3 Å². The third-order valence-electron chi connectivity index (χ3n) is 3.34. The summed E-state index contributed by atoms with van der Waals surface area (Å²) in [5, 5.41) is 3.29. The Morgan fingerprint density at radius 1 is 1.41 bits per heavy atom. The van der Waals surface area contributed by atoms with Crippen molar-refractivity contribution in [1.29, 1.82) is 0 Å². The largest absolute Gasteiger partial charge is 0.494 e. The third-order valence-corrected chi connectivity index (χ3v) is 3.34. The molecule has 0 bridgehead atoms. The van der Waals surface area contributed by atoms with Crippen LogP contribution in [0.2, 0.25) is 0 Å². The second-order valence-electron chi connectivity index (χ2n) is 4.40.